The molecular weight excluding hydrogens is 240 g/mol. The smallest absolute Gasteiger partial charge is 0.258 e. The first-order valence-corrected chi connectivity index (χ1v) is 5.92. The van der Waals surface area contributed by atoms with Crippen LogP contribution in [-0.2, 0) is 0 Å². The number of para-hydroxylation sites is 1. The minimum atomic E-state index is -0.0731. The third-order valence-corrected chi connectivity index (χ3v) is 3.03. The zero-order valence-corrected chi connectivity index (χ0v) is 10.4. The van der Waals surface area contributed by atoms with E-state index in [1.165, 1.54) is 6.39 Å². The van der Waals surface area contributed by atoms with E-state index in [0.29, 0.717) is 16.7 Å². The zero-order chi connectivity index (χ0) is 13.2. The van der Waals surface area contributed by atoms with Gasteiger partial charge in [-0.2, -0.15) is 0 Å². The molecule has 0 bridgehead atoms. The van der Waals surface area contributed by atoms with Gasteiger partial charge in [-0.3, -0.25) is 4.79 Å². The average molecular weight is 252 g/mol. The molecule has 0 spiro atoms. The molecule has 0 fully saturated rings. The van der Waals surface area contributed by atoms with Gasteiger partial charge in [0.1, 0.15) is 5.52 Å². The van der Waals surface area contributed by atoms with Gasteiger partial charge < -0.3 is 9.32 Å². The summed E-state index contributed by atoms with van der Waals surface area (Å²) in [6, 6.07) is 14.8. The van der Waals surface area contributed by atoms with Crippen molar-refractivity contribution in [3.8, 4) is 0 Å². The molecule has 4 heteroatoms. The highest BCUT2D eigenvalue weighted by molar-refractivity contribution is 6.07. The molecule has 0 saturated carbocycles. The fourth-order valence-electron chi connectivity index (χ4n) is 1.95. The molecule has 94 valence electrons. The number of amides is 1. The topological polar surface area (TPSA) is 46.3 Å². The summed E-state index contributed by atoms with van der Waals surface area (Å²) in [6.07, 6.45) is 1.37. The fraction of sp³-hybridized carbons (Fsp3) is 0.0667. The lowest BCUT2D eigenvalue weighted by atomic mass is 10.1. The Labute approximate surface area is 110 Å². The van der Waals surface area contributed by atoms with Crippen molar-refractivity contribution in [2.24, 2.45) is 0 Å². The van der Waals surface area contributed by atoms with Gasteiger partial charge in [0.05, 0.1) is 0 Å². The Morgan fingerprint density at radius 3 is 2.74 bits per heavy atom. The summed E-state index contributed by atoms with van der Waals surface area (Å²) in [5.41, 5.74) is 2.81. The quantitative estimate of drug-likeness (QED) is 0.704. The molecule has 3 rings (SSSR count). The van der Waals surface area contributed by atoms with Crippen molar-refractivity contribution >= 4 is 22.7 Å². The Balaban J connectivity index is 1.95. The van der Waals surface area contributed by atoms with E-state index in [0.717, 1.165) is 5.69 Å². The van der Waals surface area contributed by atoms with Crippen LogP contribution in [0.1, 0.15) is 10.4 Å². The molecule has 1 aromatic heterocycles. The first-order chi connectivity index (χ1) is 9.25. The van der Waals surface area contributed by atoms with Crippen LogP contribution < -0.4 is 4.90 Å². The number of oxazole rings is 1. The molecular formula is C15H12N2O2. The predicted molar refractivity (Wildman–Crippen MR) is 73.2 cm³/mol. The van der Waals surface area contributed by atoms with E-state index in [-0.39, 0.29) is 5.91 Å². The highest BCUT2D eigenvalue weighted by atomic mass is 16.3. The number of benzene rings is 2. The van der Waals surface area contributed by atoms with Crippen LogP contribution in [0.15, 0.2) is 59.3 Å². The van der Waals surface area contributed by atoms with Crippen molar-refractivity contribution < 1.29 is 9.21 Å². The second-order valence-electron chi connectivity index (χ2n) is 4.23. The first kappa shape index (κ1) is 11.5. The maximum Gasteiger partial charge on any atom is 0.258 e. The van der Waals surface area contributed by atoms with Gasteiger partial charge in [-0.15, -0.1) is 0 Å². The predicted octanol–water partition coefficient (Wildman–Crippen LogP) is 3.10. The number of hydrogen-bond acceptors (Lipinski definition) is 3. The molecule has 1 amide bonds. The summed E-state index contributed by atoms with van der Waals surface area (Å²) in [5, 5.41) is 0. The SMILES string of the molecule is CN(C(=O)c1ccc2ocnc2c1)c1ccccc1. The third-order valence-electron chi connectivity index (χ3n) is 3.03. The van der Waals surface area contributed by atoms with Gasteiger partial charge in [0.15, 0.2) is 12.0 Å². The molecule has 0 aliphatic carbocycles. The summed E-state index contributed by atoms with van der Waals surface area (Å²) >= 11 is 0. The van der Waals surface area contributed by atoms with Crippen molar-refractivity contribution in [1.29, 1.82) is 0 Å². The van der Waals surface area contributed by atoms with Crippen LogP contribution in [0.2, 0.25) is 0 Å². The summed E-state index contributed by atoms with van der Waals surface area (Å²) in [7, 11) is 1.75. The minimum absolute atomic E-state index is 0.0731. The first-order valence-electron chi connectivity index (χ1n) is 5.92. The number of hydrogen-bond donors (Lipinski definition) is 0. The number of nitrogens with zero attached hydrogens (tertiary/aromatic N) is 2. The van der Waals surface area contributed by atoms with Gasteiger partial charge in [-0.1, -0.05) is 18.2 Å². The lowest BCUT2D eigenvalue weighted by Crippen LogP contribution is -2.26. The molecule has 0 N–H and O–H groups in total. The van der Waals surface area contributed by atoms with E-state index >= 15 is 0 Å². The van der Waals surface area contributed by atoms with E-state index < -0.39 is 0 Å². The maximum absolute atomic E-state index is 12.4. The lowest BCUT2D eigenvalue weighted by molar-refractivity contribution is 0.0993. The van der Waals surface area contributed by atoms with Crippen molar-refractivity contribution in [1.82, 2.24) is 4.98 Å². The van der Waals surface area contributed by atoms with E-state index in [2.05, 4.69) is 4.98 Å². The van der Waals surface area contributed by atoms with Crippen LogP contribution in [0.25, 0.3) is 11.1 Å². The van der Waals surface area contributed by atoms with E-state index in [1.54, 1.807) is 30.1 Å². The van der Waals surface area contributed by atoms with Crippen LogP contribution >= 0.6 is 0 Å². The summed E-state index contributed by atoms with van der Waals surface area (Å²) in [5.74, 6) is -0.0731. The molecule has 0 aliphatic rings. The fourth-order valence-corrected chi connectivity index (χ4v) is 1.95. The molecule has 3 aromatic rings. The zero-order valence-electron chi connectivity index (χ0n) is 10.4. The molecule has 0 aliphatic heterocycles. The number of rotatable bonds is 2. The van der Waals surface area contributed by atoms with Crippen molar-refractivity contribution in [3.05, 3.63) is 60.5 Å². The van der Waals surface area contributed by atoms with Gasteiger partial charge in [-0.25, -0.2) is 4.98 Å². The minimum Gasteiger partial charge on any atom is -0.443 e. The van der Waals surface area contributed by atoms with Crippen LogP contribution in [0.3, 0.4) is 0 Å². The van der Waals surface area contributed by atoms with Crippen LogP contribution in [-0.4, -0.2) is 17.9 Å². The second kappa shape index (κ2) is 4.57. The van der Waals surface area contributed by atoms with Crippen molar-refractivity contribution in [2.75, 3.05) is 11.9 Å². The molecule has 19 heavy (non-hydrogen) atoms. The number of carbonyl (C=O) groups excluding carboxylic acids is 1. The Kier molecular flexibility index (Phi) is 2.76. The van der Waals surface area contributed by atoms with Gasteiger partial charge in [-0.05, 0) is 30.3 Å². The molecule has 4 nitrogen and oxygen atoms in total. The molecule has 1 heterocycles. The third kappa shape index (κ3) is 2.08. The van der Waals surface area contributed by atoms with Crippen LogP contribution in [0.4, 0.5) is 5.69 Å². The average Bonchev–Trinajstić information content (AvgIpc) is 2.94. The van der Waals surface area contributed by atoms with E-state index in [4.69, 9.17) is 4.42 Å². The highest BCUT2D eigenvalue weighted by Crippen LogP contribution is 2.18. The Bertz CT molecular complexity index is 719. The largest absolute Gasteiger partial charge is 0.443 e. The maximum atomic E-state index is 12.4. The lowest BCUT2D eigenvalue weighted by Gasteiger charge is -2.17. The molecule has 0 atom stereocenters. The second-order valence-corrected chi connectivity index (χ2v) is 4.23. The summed E-state index contributed by atoms with van der Waals surface area (Å²) in [6.45, 7) is 0. The van der Waals surface area contributed by atoms with E-state index in [9.17, 15) is 4.79 Å². The Morgan fingerprint density at radius 1 is 1.16 bits per heavy atom. The summed E-state index contributed by atoms with van der Waals surface area (Å²) in [4.78, 5) is 18.0. The van der Waals surface area contributed by atoms with Gasteiger partial charge in [0.25, 0.3) is 5.91 Å². The normalized spacial score (nSPS) is 10.6. The molecule has 0 unspecified atom stereocenters. The molecule has 0 saturated heterocycles. The summed E-state index contributed by atoms with van der Waals surface area (Å²) < 4.78 is 5.16. The number of anilines is 1. The van der Waals surface area contributed by atoms with Gasteiger partial charge >= 0.3 is 0 Å². The van der Waals surface area contributed by atoms with Crippen LogP contribution in [0, 0.1) is 0 Å². The highest BCUT2D eigenvalue weighted by Gasteiger charge is 2.14. The Hall–Kier alpha value is -2.62. The van der Waals surface area contributed by atoms with Gasteiger partial charge in [0.2, 0.25) is 0 Å². The molecule has 0 radical (unpaired) electrons. The van der Waals surface area contributed by atoms with Crippen LogP contribution in [0.5, 0.6) is 0 Å². The molecule has 2 aromatic carbocycles. The van der Waals surface area contributed by atoms with Crippen molar-refractivity contribution in [3.63, 3.8) is 0 Å². The monoisotopic (exact) mass is 252 g/mol. The number of carbonyl (C=O) groups is 1. The van der Waals surface area contributed by atoms with Crippen molar-refractivity contribution in [2.45, 2.75) is 0 Å². The van der Waals surface area contributed by atoms with E-state index in [1.807, 2.05) is 30.3 Å². The van der Waals surface area contributed by atoms with Gasteiger partial charge in [0, 0.05) is 18.3 Å². The number of aromatic nitrogens is 1. The number of fused-ring (bicyclic) bond motifs is 1. The standard InChI is InChI=1S/C15H12N2O2/c1-17(12-5-3-2-4-6-12)15(18)11-7-8-14-13(9-11)16-10-19-14/h2-10H,1H3. The Morgan fingerprint density at radius 2 is 1.95 bits per heavy atom.